The van der Waals surface area contributed by atoms with E-state index in [4.69, 9.17) is 11.6 Å². The summed E-state index contributed by atoms with van der Waals surface area (Å²) in [5, 5.41) is 3.77. The van der Waals surface area contributed by atoms with Crippen molar-refractivity contribution < 1.29 is 4.79 Å². The van der Waals surface area contributed by atoms with Crippen molar-refractivity contribution in [3.8, 4) is 0 Å². The zero-order valence-corrected chi connectivity index (χ0v) is 15.2. The van der Waals surface area contributed by atoms with E-state index in [-0.39, 0.29) is 11.9 Å². The van der Waals surface area contributed by atoms with Crippen LogP contribution in [0, 0.1) is 5.92 Å². The van der Waals surface area contributed by atoms with Gasteiger partial charge in [0.25, 0.3) is 5.91 Å². The van der Waals surface area contributed by atoms with Gasteiger partial charge in [-0.15, -0.1) is 11.8 Å². The van der Waals surface area contributed by atoms with Gasteiger partial charge in [0.15, 0.2) is 0 Å². The highest BCUT2D eigenvalue weighted by molar-refractivity contribution is 7.98. The predicted octanol–water partition coefficient (Wildman–Crippen LogP) is 5.41. The predicted molar refractivity (Wildman–Crippen MR) is 99.2 cm³/mol. The zero-order chi connectivity index (χ0) is 16.8. The fourth-order valence-corrected chi connectivity index (χ4v) is 2.89. The number of benzene rings is 2. The van der Waals surface area contributed by atoms with Crippen molar-refractivity contribution in [3.63, 3.8) is 0 Å². The third-order valence-corrected chi connectivity index (χ3v) is 5.13. The molecule has 1 amide bonds. The van der Waals surface area contributed by atoms with Crippen molar-refractivity contribution in [1.82, 2.24) is 5.32 Å². The molecule has 0 saturated carbocycles. The van der Waals surface area contributed by atoms with Crippen LogP contribution in [0.3, 0.4) is 0 Å². The van der Waals surface area contributed by atoms with Crippen LogP contribution in [0.25, 0.3) is 0 Å². The van der Waals surface area contributed by atoms with Crippen molar-refractivity contribution in [2.24, 2.45) is 5.92 Å². The lowest BCUT2D eigenvalue weighted by Gasteiger charge is -2.17. The molecule has 23 heavy (non-hydrogen) atoms. The summed E-state index contributed by atoms with van der Waals surface area (Å²) in [5.41, 5.74) is 1.90. The minimum atomic E-state index is -0.0110. The number of carbonyl (C=O) groups excluding carboxylic acids is 1. The molecule has 0 bridgehead atoms. The number of halogens is 1. The monoisotopic (exact) mass is 347 g/mol. The first kappa shape index (κ1) is 17.9. The van der Waals surface area contributed by atoms with Gasteiger partial charge in [-0.05, 0) is 54.8 Å². The Balaban J connectivity index is 1.91. The second-order valence-corrected chi connectivity index (χ2v) is 7.43. The minimum Gasteiger partial charge on any atom is -0.349 e. The molecule has 0 radical (unpaired) electrons. The Bertz CT molecular complexity index is 637. The SMILES string of the molecule is CC(C)[C@H](C)NC(=O)c1ccc(CSc2ccc(Cl)cc2)cc1. The molecule has 2 aromatic carbocycles. The number of hydrogen-bond donors (Lipinski definition) is 1. The van der Waals surface area contributed by atoms with Gasteiger partial charge >= 0.3 is 0 Å². The molecule has 0 aliphatic rings. The number of thioether (sulfide) groups is 1. The van der Waals surface area contributed by atoms with E-state index in [1.54, 1.807) is 11.8 Å². The molecule has 4 heteroatoms. The molecule has 122 valence electrons. The van der Waals surface area contributed by atoms with Gasteiger partial charge in [0.05, 0.1) is 0 Å². The average Bonchev–Trinajstić information content (AvgIpc) is 2.54. The molecule has 0 aromatic heterocycles. The van der Waals surface area contributed by atoms with Crippen LogP contribution in [0.2, 0.25) is 5.02 Å². The minimum absolute atomic E-state index is 0.0110. The molecule has 2 nitrogen and oxygen atoms in total. The van der Waals surface area contributed by atoms with Gasteiger partial charge in [-0.2, -0.15) is 0 Å². The highest BCUT2D eigenvalue weighted by Gasteiger charge is 2.12. The fraction of sp³-hybridized carbons (Fsp3) is 0.316. The normalized spacial score (nSPS) is 12.2. The van der Waals surface area contributed by atoms with E-state index >= 15 is 0 Å². The Labute approximate surface area is 147 Å². The van der Waals surface area contributed by atoms with E-state index in [1.807, 2.05) is 55.5 Å². The molecule has 2 rings (SSSR count). The first-order valence-corrected chi connectivity index (χ1v) is 9.10. The summed E-state index contributed by atoms with van der Waals surface area (Å²) < 4.78 is 0. The van der Waals surface area contributed by atoms with Crippen molar-refractivity contribution in [1.29, 1.82) is 0 Å². The van der Waals surface area contributed by atoms with Gasteiger partial charge in [0.1, 0.15) is 0 Å². The highest BCUT2D eigenvalue weighted by atomic mass is 35.5. The van der Waals surface area contributed by atoms with Crippen LogP contribution in [-0.2, 0) is 5.75 Å². The van der Waals surface area contributed by atoms with Crippen LogP contribution in [0.15, 0.2) is 53.4 Å². The van der Waals surface area contributed by atoms with E-state index < -0.39 is 0 Å². The molecule has 0 saturated heterocycles. The van der Waals surface area contributed by atoms with E-state index in [2.05, 4.69) is 19.2 Å². The van der Waals surface area contributed by atoms with E-state index in [0.717, 1.165) is 10.8 Å². The van der Waals surface area contributed by atoms with Crippen LogP contribution >= 0.6 is 23.4 Å². The summed E-state index contributed by atoms with van der Waals surface area (Å²) in [6, 6.07) is 15.8. The van der Waals surface area contributed by atoms with E-state index in [9.17, 15) is 4.79 Å². The first-order chi connectivity index (χ1) is 11.0. The maximum absolute atomic E-state index is 12.2. The Kier molecular flexibility index (Phi) is 6.55. The van der Waals surface area contributed by atoms with Crippen molar-refractivity contribution in [2.45, 2.75) is 37.5 Å². The summed E-state index contributed by atoms with van der Waals surface area (Å²) >= 11 is 7.64. The quantitative estimate of drug-likeness (QED) is 0.708. The molecular weight excluding hydrogens is 326 g/mol. The van der Waals surface area contributed by atoms with Crippen LogP contribution in [0.5, 0.6) is 0 Å². The highest BCUT2D eigenvalue weighted by Crippen LogP contribution is 2.24. The van der Waals surface area contributed by atoms with Crippen LogP contribution in [0.1, 0.15) is 36.7 Å². The standard InChI is InChI=1S/C19H22ClNOS/c1-13(2)14(3)21-19(22)16-6-4-15(5-7-16)12-23-18-10-8-17(20)9-11-18/h4-11,13-14H,12H2,1-3H3,(H,21,22)/t14-/m0/s1. The smallest absolute Gasteiger partial charge is 0.251 e. The van der Waals surface area contributed by atoms with Gasteiger partial charge in [-0.3, -0.25) is 4.79 Å². The number of nitrogens with one attached hydrogen (secondary N) is 1. The molecule has 0 aliphatic heterocycles. The summed E-state index contributed by atoms with van der Waals surface area (Å²) in [7, 11) is 0. The molecule has 0 fully saturated rings. The molecule has 2 aromatic rings. The van der Waals surface area contributed by atoms with Crippen molar-refractivity contribution >= 4 is 29.3 Å². The molecule has 1 atom stereocenters. The Morgan fingerprint density at radius 1 is 1.04 bits per heavy atom. The molecule has 0 spiro atoms. The average molecular weight is 348 g/mol. The largest absolute Gasteiger partial charge is 0.349 e. The Hall–Kier alpha value is -1.45. The van der Waals surface area contributed by atoms with Crippen LogP contribution < -0.4 is 5.32 Å². The molecule has 0 aliphatic carbocycles. The van der Waals surface area contributed by atoms with Gasteiger partial charge in [0, 0.05) is 27.3 Å². The maximum Gasteiger partial charge on any atom is 0.251 e. The van der Waals surface area contributed by atoms with E-state index in [0.29, 0.717) is 11.5 Å². The third kappa shape index (κ3) is 5.60. The second-order valence-electron chi connectivity index (χ2n) is 5.95. The molecule has 1 N–H and O–H groups in total. The van der Waals surface area contributed by atoms with Gasteiger partial charge < -0.3 is 5.32 Å². The van der Waals surface area contributed by atoms with Crippen LogP contribution in [0.4, 0.5) is 0 Å². The van der Waals surface area contributed by atoms with E-state index in [1.165, 1.54) is 10.5 Å². The number of amides is 1. The van der Waals surface area contributed by atoms with Gasteiger partial charge in [0.2, 0.25) is 0 Å². The lowest BCUT2D eigenvalue weighted by molar-refractivity contribution is 0.0930. The zero-order valence-electron chi connectivity index (χ0n) is 13.7. The molecule has 0 unspecified atom stereocenters. The lowest BCUT2D eigenvalue weighted by atomic mass is 10.1. The number of hydrogen-bond acceptors (Lipinski definition) is 2. The summed E-state index contributed by atoms with van der Waals surface area (Å²) in [5.74, 6) is 1.28. The first-order valence-electron chi connectivity index (χ1n) is 7.74. The fourth-order valence-electron chi connectivity index (χ4n) is 1.91. The summed E-state index contributed by atoms with van der Waals surface area (Å²) in [6.45, 7) is 6.23. The molecule has 0 heterocycles. The molecular formula is C19H22ClNOS. The van der Waals surface area contributed by atoms with Gasteiger partial charge in [-0.25, -0.2) is 0 Å². The van der Waals surface area contributed by atoms with Crippen molar-refractivity contribution in [3.05, 3.63) is 64.7 Å². The lowest BCUT2D eigenvalue weighted by Crippen LogP contribution is -2.36. The number of rotatable bonds is 6. The number of carbonyl (C=O) groups is 1. The van der Waals surface area contributed by atoms with Crippen molar-refractivity contribution in [2.75, 3.05) is 0 Å². The second kappa shape index (κ2) is 8.42. The summed E-state index contributed by atoms with van der Waals surface area (Å²) in [4.78, 5) is 13.3. The third-order valence-electron chi connectivity index (χ3n) is 3.79. The maximum atomic E-state index is 12.2. The topological polar surface area (TPSA) is 29.1 Å². The Morgan fingerprint density at radius 2 is 1.65 bits per heavy atom. The summed E-state index contributed by atoms with van der Waals surface area (Å²) in [6.07, 6.45) is 0. The van der Waals surface area contributed by atoms with Crippen LogP contribution in [-0.4, -0.2) is 11.9 Å². The Morgan fingerprint density at radius 3 is 2.22 bits per heavy atom. The van der Waals surface area contributed by atoms with Gasteiger partial charge in [-0.1, -0.05) is 37.6 Å².